The standard InChI is InChI=1S/C15H30O5S/c1-8-13(3,4)10-15(7,14(5,6)9-2)12(16)20-11-21(17,18)19/h8-11H2,1-7H3,(H,17,18,19). The van der Waals surface area contributed by atoms with E-state index in [0.717, 1.165) is 12.8 Å². The van der Waals surface area contributed by atoms with Crippen molar-refractivity contribution in [1.29, 1.82) is 0 Å². The lowest BCUT2D eigenvalue weighted by Crippen LogP contribution is -2.46. The quantitative estimate of drug-likeness (QED) is 0.545. The van der Waals surface area contributed by atoms with Gasteiger partial charge in [-0.15, -0.1) is 0 Å². The Morgan fingerprint density at radius 1 is 1.05 bits per heavy atom. The molecular formula is C15H30O5S. The zero-order valence-corrected chi connectivity index (χ0v) is 15.1. The van der Waals surface area contributed by atoms with Gasteiger partial charge in [0.25, 0.3) is 0 Å². The highest BCUT2D eigenvalue weighted by Gasteiger charge is 2.49. The minimum atomic E-state index is -4.32. The number of rotatable bonds is 8. The summed E-state index contributed by atoms with van der Waals surface area (Å²) < 4.78 is 35.2. The Morgan fingerprint density at radius 2 is 1.52 bits per heavy atom. The van der Waals surface area contributed by atoms with Gasteiger partial charge >= 0.3 is 16.1 Å². The summed E-state index contributed by atoms with van der Waals surface area (Å²) in [5, 5.41) is 0. The summed E-state index contributed by atoms with van der Waals surface area (Å²) in [6.45, 7) is 14.0. The maximum Gasteiger partial charge on any atom is 0.313 e. The van der Waals surface area contributed by atoms with Crippen LogP contribution in [0.25, 0.3) is 0 Å². The van der Waals surface area contributed by atoms with Crippen molar-refractivity contribution in [2.24, 2.45) is 16.2 Å². The molecule has 1 N–H and O–H groups in total. The fourth-order valence-electron chi connectivity index (χ4n) is 2.35. The minimum Gasteiger partial charge on any atom is -0.446 e. The first-order valence-corrected chi connectivity index (χ1v) is 8.94. The third-order valence-corrected chi connectivity index (χ3v) is 5.37. The molecule has 0 fully saturated rings. The molecule has 0 saturated carbocycles. The molecule has 0 saturated heterocycles. The molecule has 0 aromatic carbocycles. The molecule has 0 heterocycles. The number of hydrogen-bond acceptors (Lipinski definition) is 4. The number of carbonyl (C=O) groups excluding carboxylic acids is 1. The lowest BCUT2D eigenvalue weighted by molar-refractivity contribution is -0.164. The van der Waals surface area contributed by atoms with Crippen molar-refractivity contribution in [3.05, 3.63) is 0 Å². The van der Waals surface area contributed by atoms with E-state index in [1.165, 1.54) is 0 Å². The lowest BCUT2D eigenvalue weighted by Gasteiger charge is -2.45. The molecule has 0 amide bonds. The molecule has 0 aliphatic heterocycles. The van der Waals surface area contributed by atoms with Crippen molar-refractivity contribution >= 4 is 16.1 Å². The molecule has 0 spiro atoms. The molecule has 0 bridgehead atoms. The van der Waals surface area contributed by atoms with E-state index in [9.17, 15) is 13.2 Å². The fourth-order valence-corrected chi connectivity index (χ4v) is 2.60. The summed E-state index contributed by atoms with van der Waals surface area (Å²) in [4.78, 5) is 12.5. The first kappa shape index (κ1) is 20.4. The lowest BCUT2D eigenvalue weighted by atomic mass is 9.58. The third kappa shape index (κ3) is 5.58. The molecule has 1 unspecified atom stereocenters. The summed E-state index contributed by atoms with van der Waals surface area (Å²) >= 11 is 0. The zero-order valence-electron chi connectivity index (χ0n) is 14.3. The van der Waals surface area contributed by atoms with Crippen molar-refractivity contribution in [2.75, 3.05) is 5.94 Å². The van der Waals surface area contributed by atoms with E-state index in [1.54, 1.807) is 0 Å². The topological polar surface area (TPSA) is 80.7 Å². The van der Waals surface area contributed by atoms with Crippen LogP contribution in [0.4, 0.5) is 0 Å². The predicted molar refractivity (Wildman–Crippen MR) is 83.4 cm³/mol. The molecule has 21 heavy (non-hydrogen) atoms. The molecular weight excluding hydrogens is 292 g/mol. The van der Waals surface area contributed by atoms with Crippen molar-refractivity contribution in [1.82, 2.24) is 0 Å². The van der Waals surface area contributed by atoms with Gasteiger partial charge < -0.3 is 4.74 Å². The molecule has 6 heteroatoms. The molecule has 5 nitrogen and oxygen atoms in total. The second-order valence-electron chi connectivity index (χ2n) is 7.40. The summed E-state index contributed by atoms with van der Waals surface area (Å²) in [5.74, 6) is -1.57. The average molecular weight is 322 g/mol. The maximum atomic E-state index is 12.5. The smallest absolute Gasteiger partial charge is 0.313 e. The van der Waals surface area contributed by atoms with Crippen LogP contribution in [0.1, 0.15) is 67.7 Å². The molecule has 0 radical (unpaired) electrons. The van der Waals surface area contributed by atoms with Gasteiger partial charge in [-0.3, -0.25) is 9.35 Å². The van der Waals surface area contributed by atoms with Crippen molar-refractivity contribution in [3.63, 3.8) is 0 Å². The molecule has 0 aliphatic rings. The average Bonchev–Trinajstić information content (AvgIpc) is 2.34. The van der Waals surface area contributed by atoms with E-state index >= 15 is 0 Å². The zero-order chi connectivity index (χ0) is 17.1. The highest BCUT2D eigenvalue weighted by atomic mass is 32.2. The van der Waals surface area contributed by atoms with E-state index < -0.39 is 27.4 Å². The van der Waals surface area contributed by atoms with Gasteiger partial charge in [-0.25, -0.2) is 0 Å². The minimum absolute atomic E-state index is 0.0711. The Bertz CT molecular complexity index is 464. The van der Waals surface area contributed by atoms with Crippen LogP contribution in [0.5, 0.6) is 0 Å². The summed E-state index contributed by atoms with van der Waals surface area (Å²) in [6.07, 6.45) is 2.24. The van der Waals surface area contributed by atoms with Crippen molar-refractivity contribution < 1.29 is 22.5 Å². The maximum absolute atomic E-state index is 12.5. The summed E-state index contributed by atoms with van der Waals surface area (Å²) in [5.41, 5.74) is -1.25. The van der Waals surface area contributed by atoms with E-state index in [-0.39, 0.29) is 10.8 Å². The number of esters is 1. The van der Waals surface area contributed by atoms with E-state index in [4.69, 9.17) is 9.29 Å². The van der Waals surface area contributed by atoms with Crippen LogP contribution in [-0.4, -0.2) is 24.9 Å². The van der Waals surface area contributed by atoms with Gasteiger partial charge in [0, 0.05) is 0 Å². The van der Waals surface area contributed by atoms with Gasteiger partial charge in [0.1, 0.15) is 0 Å². The highest BCUT2D eigenvalue weighted by molar-refractivity contribution is 7.85. The van der Waals surface area contributed by atoms with Gasteiger partial charge in [0.15, 0.2) is 0 Å². The van der Waals surface area contributed by atoms with Gasteiger partial charge in [-0.05, 0) is 30.6 Å². The van der Waals surface area contributed by atoms with Gasteiger partial charge in [-0.2, -0.15) is 8.42 Å². The summed E-state index contributed by atoms with van der Waals surface area (Å²) in [6, 6.07) is 0. The van der Waals surface area contributed by atoms with E-state index in [1.807, 2.05) is 27.7 Å². The Labute approximate surface area is 129 Å². The van der Waals surface area contributed by atoms with Gasteiger partial charge in [0.2, 0.25) is 5.94 Å². The number of carbonyl (C=O) groups is 1. The van der Waals surface area contributed by atoms with E-state index in [0.29, 0.717) is 6.42 Å². The first-order chi connectivity index (χ1) is 9.21. The SMILES string of the molecule is CCC(C)(C)CC(C)(C(=O)OCS(=O)(=O)O)C(C)(C)CC. The second-order valence-corrected chi connectivity index (χ2v) is 8.80. The fraction of sp³-hybridized carbons (Fsp3) is 0.933. The van der Waals surface area contributed by atoms with Gasteiger partial charge in [-0.1, -0.05) is 48.0 Å². The Morgan fingerprint density at radius 3 is 1.86 bits per heavy atom. The third-order valence-electron chi connectivity index (χ3n) is 4.96. The number of ether oxygens (including phenoxy) is 1. The first-order valence-electron chi connectivity index (χ1n) is 7.33. The van der Waals surface area contributed by atoms with Crippen LogP contribution >= 0.6 is 0 Å². The second kappa shape index (κ2) is 6.65. The number of hydrogen-bond donors (Lipinski definition) is 1. The van der Waals surface area contributed by atoms with Gasteiger partial charge in [0.05, 0.1) is 5.41 Å². The highest BCUT2D eigenvalue weighted by Crippen LogP contribution is 2.50. The van der Waals surface area contributed by atoms with Crippen LogP contribution < -0.4 is 0 Å². The van der Waals surface area contributed by atoms with Crippen LogP contribution in [0.15, 0.2) is 0 Å². The molecule has 1 atom stereocenters. The van der Waals surface area contributed by atoms with Crippen LogP contribution in [0.3, 0.4) is 0 Å². The summed E-state index contributed by atoms with van der Waals surface area (Å²) in [7, 11) is -4.32. The normalized spacial score (nSPS) is 16.4. The Hall–Kier alpha value is -0.620. The molecule has 126 valence electrons. The molecule has 0 aromatic heterocycles. The van der Waals surface area contributed by atoms with Crippen molar-refractivity contribution in [2.45, 2.75) is 67.7 Å². The molecule has 0 aromatic rings. The molecule has 0 aliphatic carbocycles. The van der Waals surface area contributed by atoms with Crippen LogP contribution in [0.2, 0.25) is 0 Å². The largest absolute Gasteiger partial charge is 0.446 e. The monoisotopic (exact) mass is 322 g/mol. The van der Waals surface area contributed by atoms with Crippen molar-refractivity contribution in [3.8, 4) is 0 Å². The Balaban J connectivity index is 5.47. The van der Waals surface area contributed by atoms with E-state index in [2.05, 4.69) is 20.8 Å². The molecule has 0 rings (SSSR count). The van der Waals surface area contributed by atoms with Crippen LogP contribution in [-0.2, 0) is 19.6 Å². The predicted octanol–water partition coefficient (Wildman–Crippen LogP) is 3.64. The Kier molecular flexibility index (Phi) is 6.45. The van der Waals surface area contributed by atoms with Crippen LogP contribution in [0, 0.1) is 16.2 Å².